The smallest absolute Gasteiger partial charge is 0.148 e. The molecule has 1 rings (SSSR count). The largest absolute Gasteiger partial charge is 0.312 e. The summed E-state index contributed by atoms with van der Waals surface area (Å²) in [4.78, 5) is 0. The molecule has 0 bridgehead atoms. The summed E-state index contributed by atoms with van der Waals surface area (Å²) in [6.45, 7) is 0.948. The molecule has 1 N–H and O–H groups in total. The predicted octanol–water partition coefficient (Wildman–Crippen LogP) is 2.13. The summed E-state index contributed by atoms with van der Waals surface area (Å²) in [6, 6.07) is 5.23. The van der Waals surface area contributed by atoms with Gasteiger partial charge >= 0.3 is 0 Å². The molecule has 90 valence electrons. The van der Waals surface area contributed by atoms with Crippen molar-refractivity contribution in [3.05, 3.63) is 33.8 Å². The molecule has 0 aliphatic heterocycles. The Bertz CT molecular complexity index is 460. The molecule has 1 aromatic carbocycles. The molecule has 0 aliphatic carbocycles. The lowest BCUT2D eigenvalue weighted by Crippen LogP contribution is -2.22. The minimum atomic E-state index is -2.91. The first-order valence-electron chi connectivity index (χ1n) is 4.71. The van der Waals surface area contributed by atoms with Gasteiger partial charge in [-0.15, -0.1) is 0 Å². The Hall–Kier alpha value is -0.290. The zero-order valence-electron chi connectivity index (χ0n) is 8.83. The van der Waals surface area contributed by atoms with Crippen LogP contribution in [0.5, 0.6) is 0 Å². The van der Waals surface area contributed by atoms with Crippen LogP contribution in [0.25, 0.3) is 0 Å². The lowest BCUT2D eigenvalue weighted by atomic mass is 10.2. The Morgan fingerprint density at radius 3 is 2.56 bits per heavy atom. The van der Waals surface area contributed by atoms with Crippen molar-refractivity contribution in [2.24, 2.45) is 0 Å². The average Bonchev–Trinajstić information content (AvgIpc) is 2.13. The van der Waals surface area contributed by atoms with Crippen LogP contribution in [0.3, 0.4) is 0 Å². The van der Waals surface area contributed by atoms with Gasteiger partial charge in [-0.2, -0.15) is 0 Å². The Kier molecular flexibility index (Phi) is 5.05. The molecule has 0 fully saturated rings. The fraction of sp³-hybridized carbons (Fsp3) is 0.400. The van der Waals surface area contributed by atoms with Crippen LogP contribution in [0.2, 0.25) is 10.0 Å². The number of halogens is 2. The predicted molar refractivity (Wildman–Crippen MR) is 67.9 cm³/mol. The highest BCUT2D eigenvalue weighted by molar-refractivity contribution is 7.90. The third-order valence-corrected chi connectivity index (χ3v) is 3.51. The van der Waals surface area contributed by atoms with Crippen molar-refractivity contribution in [2.45, 2.75) is 6.54 Å². The number of hydrogen-bond donors (Lipinski definition) is 1. The van der Waals surface area contributed by atoms with Crippen LogP contribution >= 0.6 is 23.2 Å². The lowest BCUT2D eigenvalue weighted by Gasteiger charge is -2.06. The summed E-state index contributed by atoms with van der Waals surface area (Å²) in [5.41, 5.74) is 0.902. The van der Waals surface area contributed by atoms with Crippen LogP contribution in [-0.4, -0.2) is 27.0 Å². The molecule has 0 unspecified atom stereocenters. The van der Waals surface area contributed by atoms with Crippen LogP contribution < -0.4 is 5.32 Å². The molecule has 3 nitrogen and oxygen atoms in total. The summed E-state index contributed by atoms with van der Waals surface area (Å²) in [7, 11) is -2.91. The van der Waals surface area contributed by atoms with Gasteiger partial charge in [0.25, 0.3) is 0 Å². The van der Waals surface area contributed by atoms with Gasteiger partial charge in [0.2, 0.25) is 0 Å². The second-order valence-corrected chi connectivity index (χ2v) is 6.65. The highest BCUT2D eigenvalue weighted by Crippen LogP contribution is 2.20. The topological polar surface area (TPSA) is 46.2 Å². The highest BCUT2D eigenvalue weighted by atomic mass is 35.5. The maximum Gasteiger partial charge on any atom is 0.148 e. The molecule has 0 heterocycles. The summed E-state index contributed by atoms with van der Waals surface area (Å²) < 4.78 is 21.7. The maximum absolute atomic E-state index is 10.9. The molecular formula is C10H13Cl2NO2S. The van der Waals surface area contributed by atoms with Crippen molar-refractivity contribution in [1.29, 1.82) is 0 Å². The zero-order chi connectivity index (χ0) is 12.2. The lowest BCUT2D eigenvalue weighted by molar-refractivity contribution is 0.596. The molecule has 16 heavy (non-hydrogen) atoms. The molecule has 0 saturated carbocycles. The van der Waals surface area contributed by atoms with Crippen molar-refractivity contribution in [2.75, 3.05) is 18.6 Å². The molecule has 0 amide bonds. The van der Waals surface area contributed by atoms with Gasteiger partial charge in [0.15, 0.2) is 0 Å². The molecule has 0 atom stereocenters. The number of hydrogen-bond acceptors (Lipinski definition) is 3. The number of benzene rings is 1. The summed E-state index contributed by atoms with van der Waals surface area (Å²) >= 11 is 11.7. The van der Waals surface area contributed by atoms with E-state index in [9.17, 15) is 8.42 Å². The van der Waals surface area contributed by atoms with Gasteiger partial charge in [0, 0.05) is 29.4 Å². The van der Waals surface area contributed by atoms with Crippen molar-refractivity contribution in [1.82, 2.24) is 5.32 Å². The molecule has 6 heteroatoms. The van der Waals surface area contributed by atoms with Crippen molar-refractivity contribution >= 4 is 33.0 Å². The zero-order valence-corrected chi connectivity index (χ0v) is 11.2. The Morgan fingerprint density at radius 1 is 1.31 bits per heavy atom. The van der Waals surface area contributed by atoms with Gasteiger partial charge in [0.05, 0.1) is 5.75 Å². The third-order valence-electron chi connectivity index (χ3n) is 1.98. The standard InChI is InChI=1S/C10H13Cl2NO2S/c1-16(14,15)5-4-13-7-8-2-3-9(11)6-10(8)12/h2-3,6,13H,4-5,7H2,1H3. The second kappa shape index (κ2) is 5.87. The minimum absolute atomic E-state index is 0.123. The van der Waals surface area contributed by atoms with E-state index in [4.69, 9.17) is 23.2 Å². The molecule has 0 spiro atoms. The van der Waals surface area contributed by atoms with E-state index in [1.165, 1.54) is 6.26 Å². The van der Waals surface area contributed by atoms with Crippen LogP contribution in [0.15, 0.2) is 18.2 Å². The average molecular weight is 282 g/mol. The van der Waals surface area contributed by atoms with Gasteiger partial charge in [-0.1, -0.05) is 29.3 Å². The monoisotopic (exact) mass is 281 g/mol. The van der Waals surface area contributed by atoms with Crippen LogP contribution in [0.1, 0.15) is 5.56 Å². The van der Waals surface area contributed by atoms with Gasteiger partial charge < -0.3 is 5.32 Å². The molecule has 1 aromatic rings. The van der Waals surface area contributed by atoms with Gasteiger partial charge in [-0.3, -0.25) is 0 Å². The normalized spacial score (nSPS) is 11.7. The van der Waals surface area contributed by atoms with Crippen LogP contribution in [0.4, 0.5) is 0 Å². The third kappa shape index (κ3) is 5.16. The van der Waals surface area contributed by atoms with E-state index < -0.39 is 9.84 Å². The second-order valence-electron chi connectivity index (χ2n) is 3.54. The number of rotatable bonds is 5. The summed E-state index contributed by atoms with van der Waals surface area (Å²) in [5, 5.41) is 4.18. The van der Waals surface area contributed by atoms with Crippen molar-refractivity contribution < 1.29 is 8.42 Å². The maximum atomic E-state index is 10.9. The molecule has 0 saturated heterocycles. The van der Waals surface area contributed by atoms with Crippen molar-refractivity contribution in [3.8, 4) is 0 Å². The van der Waals surface area contributed by atoms with Gasteiger partial charge in [-0.25, -0.2) is 8.42 Å². The van der Waals surface area contributed by atoms with Crippen LogP contribution in [0, 0.1) is 0 Å². The van der Waals surface area contributed by atoms with E-state index in [1.54, 1.807) is 12.1 Å². The van der Waals surface area contributed by atoms with Crippen molar-refractivity contribution in [3.63, 3.8) is 0 Å². The van der Waals surface area contributed by atoms with E-state index in [0.29, 0.717) is 23.1 Å². The minimum Gasteiger partial charge on any atom is -0.312 e. The van der Waals surface area contributed by atoms with E-state index in [0.717, 1.165) is 5.56 Å². The molecule has 0 aromatic heterocycles. The van der Waals surface area contributed by atoms with Gasteiger partial charge in [-0.05, 0) is 17.7 Å². The highest BCUT2D eigenvalue weighted by Gasteiger charge is 2.03. The molecule has 0 radical (unpaired) electrons. The van der Waals surface area contributed by atoms with Gasteiger partial charge in [0.1, 0.15) is 9.84 Å². The Morgan fingerprint density at radius 2 is 2.00 bits per heavy atom. The van der Waals surface area contributed by atoms with E-state index in [2.05, 4.69) is 5.32 Å². The SMILES string of the molecule is CS(=O)(=O)CCNCc1ccc(Cl)cc1Cl. The molecule has 0 aliphatic rings. The molecular weight excluding hydrogens is 269 g/mol. The first-order valence-corrected chi connectivity index (χ1v) is 7.52. The first-order chi connectivity index (χ1) is 7.38. The Labute approximate surface area is 106 Å². The quantitative estimate of drug-likeness (QED) is 0.841. The summed E-state index contributed by atoms with van der Waals surface area (Å²) in [5.74, 6) is 0.123. The van der Waals surface area contributed by atoms with E-state index in [-0.39, 0.29) is 5.75 Å². The summed E-state index contributed by atoms with van der Waals surface area (Å²) in [6.07, 6.45) is 1.21. The number of sulfone groups is 1. The Balaban J connectivity index is 2.43. The number of nitrogens with one attached hydrogen (secondary N) is 1. The fourth-order valence-corrected chi connectivity index (χ4v) is 2.14. The van der Waals surface area contributed by atoms with E-state index >= 15 is 0 Å². The first kappa shape index (κ1) is 13.8. The van der Waals surface area contributed by atoms with Crippen LogP contribution in [-0.2, 0) is 16.4 Å². The van der Waals surface area contributed by atoms with E-state index in [1.807, 2.05) is 6.07 Å². The fourth-order valence-electron chi connectivity index (χ4n) is 1.15.